The zero-order chi connectivity index (χ0) is 12.3. The van der Waals surface area contributed by atoms with Crippen LogP contribution >= 0.6 is 12.2 Å². The number of piperidine rings is 1. The molecular formula is C12H17N3OS. The first kappa shape index (κ1) is 12.3. The van der Waals surface area contributed by atoms with Crippen LogP contribution in [-0.2, 0) is 0 Å². The van der Waals surface area contributed by atoms with Crippen LogP contribution in [0.25, 0.3) is 0 Å². The van der Waals surface area contributed by atoms with Crippen LogP contribution in [0, 0.1) is 0 Å². The van der Waals surface area contributed by atoms with Gasteiger partial charge in [0.1, 0.15) is 4.99 Å². The summed E-state index contributed by atoms with van der Waals surface area (Å²) in [6.45, 7) is 1.08. The first-order chi connectivity index (χ1) is 8.24. The highest BCUT2D eigenvalue weighted by Gasteiger charge is 2.24. The number of aliphatic hydroxyl groups excluding tert-OH is 1. The van der Waals surface area contributed by atoms with E-state index in [4.69, 9.17) is 18.0 Å². The molecule has 17 heavy (non-hydrogen) atoms. The first-order valence-electron chi connectivity index (χ1n) is 5.85. The second kappa shape index (κ2) is 5.42. The first-order valence-corrected chi connectivity index (χ1v) is 6.26. The fraction of sp³-hybridized carbons (Fsp3) is 0.500. The molecule has 0 aliphatic carbocycles. The number of aromatic nitrogens is 1. The van der Waals surface area contributed by atoms with E-state index in [-0.39, 0.29) is 12.6 Å². The number of nitrogens with zero attached hydrogens (tertiary/aromatic N) is 2. The summed E-state index contributed by atoms with van der Waals surface area (Å²) in [5, 5.41) is 9.43. The number of thiocarbonyl (C=S) groups is 1. The Labute approximate surface area is 106 Å². The monoisotopic (exact) mass is 251 g/mol. The van der Waals surface area contributed by atoms with E-state index < -0.39 is 0 Å². The fourth-order valence-electron chi connectivity index (χ4n) is 2.33. The maximum atomic E-state index is 9.43. The second-order valence-corrected chi connectivity index (χ2v) is 4.72. The predicted molar refractivity (Wildman–Crippen MR) is 72.2 cm³/mol. The van der Waals surface area contributed by atoms with E-state index >= 15 is 0 Å². The molecule has 0 radical (unpaired) electrons. The summed E-state index contributed by atoms with van der Waals surface area (Å²) in [6.07, 6.45) is 6.76. The maximum Gasteiger partial charge on any atom is 0.106 e. The number of hydrogen-bond donors (Lipinski definition) is 2. The van der Waals surface area contributed by atoms with Crippen LogP contribution in [0.1, 0.15) is 24.8 Å². The number of pyridine rings is 1. The SMILES string of the molecule is NC(=S)c1ccncc1N1CCCCC1CO. The van der Waals surface area contributed by atoms with Crippen molar-refractivity contribution in [3.63, 3.8) is 0 Å². The third-order valence-corrected chi connectivity index (χ3v) is 3.43. The van der Waals surface area contributed by atoms with Gasteiger partial charge in [0, 0.05) is 18.3 Å². The fourth-order valence-corrected chi connectivity index (χ4v) is 2.50. The topological polar surface area (TPSA) is 62.4 Å². The summed E-state index contributed by atoms with van der Waals surface area (Å²) in [7, 11) is 0. The standard InChI is InChI=1S/C12H17N3OS/c13-12(17)10-4-5-14-7-11(10)15-6-2-1-3-9(15)8-16/h4-5,7,9,16H,1-3,6,8H2,(H2,13,17). The smallest absolute Gasteiger partial charge is 0.106 e. The highest BCUT2D eigenvalue weighted by molar-refractivity contribution is 7.80. The number of aliphatic hydroxyl groups is 1. The van der Waals surface area contributed by atoms with Crippen LogP contribution in [0.3, 0.4) is 0 Å². The summed E-state index contributed by atoms with van der Waals surface area (Å²) >= 11 is 5.05. The Morgan fingerprint density at radius 1 is 1.59 bits per heavy atom. The molecule has 2 rings (SSSR count). The van der Waals surface area contributed by atoms with Crippen molar-refractivity contribution in [3.8, 4) is 0 Å². The van der Waals surface area contributed by atoms with Crippen molar-refractivity contribution in [1.29, 1.82) is 0 Å². The molecule has 0 spiro atoms. The van der Waals surface area contributed by atoms with Gasteiger partial charge in [0.15, 0.2) is 0 Å². The molecule has 1 aromatic heterocycles. The highest BCUT2D eigenvalue weighted by Crippen LogP contribution is 2.27. The Morgan fingerprint density at radius 3 is 3.12 bits per heavy atom. The van der Waals surface area contributed by atoms with E-state index in [0.29, 0.717) is 4.99 Å². The number of hydrogen-bond acceptors (Lipinski definition) is 4. The minimum Gasteiger partial charge on any atom is -0.394 e. The van der Waals surface area contributed by atoms with Gasteiger partial charge in [-0.25, -0.2) is 0 Å². The number of nitrogens with two attached hydrogens (primary N) is 1. The quantitative estimate of drug-likeness (QED) is 0.787. The van der Waals surface area contributed by atoms with E-state index in [9.17, 15) is 5.11 Å². The van der Waals surface area contributed by atoms with Crippen molar-refractivity contribution in [3.05, 3.63) is 24.0 Å². The van der Waals surface area contributed by atoms with E-state index in [1.165, 1.54) is 0 Å². The van der Waals surface area contributed by atoms with Crippen molar-refractivity contribution in [2.24, 2.45) is 5.73 Å². The molecule has 3 N–H and O–H groups in total. The highest BCUT2D eigenvalue weighted by atomic mass is 32.1. The minimum atomic E-state index is 0.154. The Morgan fingerprint density at radius 2 is 2.41 bits per heavy atom. The Hall–Kier alpha value is -1.20. The molecule has 1 aromatic rings. The molecule has 0 amide bonds. The lowest BCUT2D eigenvalue weighted by molar-refractivity contribution is 0.240. The van der Waals surface area contributed by atoms with Crippen LogP contribution in [0.15, 0.2) is 18.5 Å². The summed E-state index contributed by atoms with van der Waals surface area (Å²) in [5.74, 6) is 0. The summed E-state index contributed by atoms with van der Waals surface area (Å²) in [6, 6.07) is 1.99. The molecule has 0 bridgehead atoms. The van der Waals surface area contributed by atoms with Gasteiger partial charge in [0.25, 0.3) is 0 Å². The lowest BCUT2D eigenvalue weighted by Crippen LogP contribution is -2.42. The van der Waals surface area contributed by atoms with Crippen molar-refractivity contribution >= 4 is 22.9 Å². The molecule has 92 valence electrons. The normalized spacial score (nSPS) is 20.3. The Kier molecular flexibility index (Phi) is 3.91. The molecule has 1 aliphatic heterocycles. The van der Waals surface area contributed by atoms with Crippen LogP contribution < -0.4 is 10.6 Å². The van der Waals surface area contributed by atoms with Gasteiger partial charge in [-0.05, 0) is 25.3 Å². The molecule has 4 nitrogen and oxygen atoms in total. The third-order valence-electron chi connectivity index (χ3n) is 3.21. The zero-order valence-corrected chi connectivity index (χ0v) is 10.5. The second-order valence-electron chi connectivity index (χ2n) is 4.28. The van der Waals surface area contributed by atoms with Crippen LogP contribution in [0.2, 0.25) is 0 Å². The van der Waals surface area contributed by atoms with E-state index in [0.717, 1.165) is 37.1 Å². The summed E-state index contributed by atoms with van der Waals surface area (Å²) in [4.78, 5) is 6.68. The molecule has 1 fully saturated rings. The predicted octanol–water partition coefficient (Wildman–Crippen LogP) is 1.07. The molecular weight excluding hydrogens is 234 g/mol. The molecule has 2 heterocycles. The van der Waals surface area contributed by atoms with Crippen molar-refractivity contribution in [1.82, 2.24) is 4.98 Å². The molecule has 5 heteroatoms. The van der Waals surface area contributed by atoms with Crippen LogP contribution in [-0.4, -0.2) is 34.3 Å². The number of anilines is 1. The summed E-state index contributed by atoms with van der Waals surface area (Å²) in [5.41, 5.74) is 7.51. The zero-order valence-electron chi connectivity index (χ0n) is 9.67. The van der Waals surface area contributed by atoms with Crippen molar-refractivity contribution in [2.45, 2.75) is 25.3 Å². The average molecular weight is 251 g/mol. The van der Waals surface area contributed by atoms with Gasteiger partial charge in [-0.1, -0.05) is 12.2 Å². The van der Waals surface area contributed by atoms with Gasteiger partial charge in [0.2, 0.25) is 0 Å². The van der Waals surface area contributed by atoms with E-state index in [2.05, 4.69) is 9.88 Å². The Bertz CT molecular complexity index is 410. The third kappa shape index (κ3) is 2.56. The van der Waals surface area contributed by atoms with Gasteiger partial charge >= 0.3 is 0 Å². The molecule has 0 saturated carbocycles. The molecule has 1 aliphatic rings. The lowest BCUT2D eigenvalue weighted by atomic mass is 10.0. The minimum absolute atomic E-state index is 0.154. The molecule has 0 aromatic carbocycles. The van der Waals surface area contributed by atoms with Gasteiger partial charge in [-0.3, -0.25) is 4.98 Å². The van der Waals surface area contributed by atoms with Gasteiger partial charge < -0.3 is 15.7 Å². The maximum absolute atomic E-state index is 9.43. The van der Waals surface area contributed by atoms with Gasteiger partial charge in [-0.15, -0.1) is 0 Å². The summed E-state index contributed by atoms with van der Waals surface area (Å²) < 4.78 is 0. The molecule has 1 unspecified atom stereocenters. The van der Waals surface area contributed by atoms with Gasteiger partial charge in [-0.2, -0.15) is 0 Å². The molecule has 1 atom stereocenters. The average Bonchev–Trinajstić information content (AvgIpc) is 2.38. The lowest BCUT2D eigenvalue weighted by Gasteiger charge is -2.37. The van der Waals surface area contributed by atoms with Crippen LogP contribution in [0.4, 0.5) is 5.69 Å². The van der Waals surface area contributed by atoms with Crippen LogP contribution in [0.5, 0.6) is 0 Å². The largest absolute Gasteiger partial charge is 0.394 e. The molecule has 1 saturated heterocycles. The van der Waals surface area contributed by atoms with Crippen molar-refractivity contribution in [2.75, 3.05) is 18.1 Å². The van der Waals surface area contributed by atoms with Crippen molar-refractivity contribution < 1.29 is 5.11 Å². The van der Waals surface area contributed by atoms with Gasteiger partial charge in [0.05, 0.1) is 24.5 Å². The van der Waals surface area contributed by atoms with E-state index in [1.54, 1.807) is 12.4 Å². The van der Waals surface area contributed by atoms with E-state index in [1.807, 2.05) is 6.07 Å². The Balaban J connectivity index is 2.34. The number of rotatable bonds is 3.